The molecule has 1 heterocycles. The van der Waals surface area contributed by atoms with E-state index in [9.17, 15) is 14.3 Å². The zero-order valence-corrected chi connectivity index (χ0v) is 10.8. The van der Waals surface area contributed by atoms with Gasteiger partial charge in [0.1, 0.15) is 5.82 Å². The Labute approximate surface area is 111 Å². The van der Waals surface area contributed by atoms with Crippen LogP contribution in [0.1, 0.15) is 25.0 Å². The number of ether oxygens (including phenoxy) is 1. The molecular formula is C14H18FNO3. The SMILES string of the molecule is CC1OCCC1C(=O)NCC(O)c1ccc(F)cc1. The molecule has 2 N–H and O–H groups in total. The molecule has 1 aromatic carbocycles. The Kier molecular flexibility index (Phi) is 4.50. The largest absolute Gasteiger partial charge is 0.387 e. The summed E-state index contributed by atoms with van der Waals surface area (Å²) < 4.78 is 18.1. The number of halogens is 1. The molecule has 1 fully saturated rings. The van der Waals surface area contributed by atoms with Crippen molar-refractivity contribution in [3.8, 4) is 0 Å². The van der Waals surface area contributed by atoms with Gasteiger partial charge in [-0.3, -0.25) is 4.79 Å². The molecule has 1 aliphatic rings. The van der Waals surface area contributed by atoms with Crippen LogP contribution in [0.4, 0.5) is 4.39 Å². The topological polar surface area (TPSA) is 58.6 Å². The molecule has 104 valence electrons. The van der Waals surface area contributed by atoms with Crippen molar-refractivity contribution in [2.75, 3.05) is 13.2 Å². The maximum absolute atomic E-state index is 12.7. The molecule has 1 saturated heterocycles. The molecule has 0 spiro atoms. The summed E-state index contributed by atoms with van der Waals surface area (Å²) in [7, 11) is 0. The van der Waals surface area contributed by atoms with Gasteiger partial charge in [0.05, 0.1) is 18.1 Å². The van der Waals surface area contributed by atoms with Crippen molar-refractivity contribution in [1.82, 2.24) is 5.32 Å². The van der Waals surface area contributed by atoms with Crippen molar-refractivity contribution in [1.29, 1.82) is 0 Å². The number of carbonyl (C=O) groups is 1. The summed E-state index contributed by atoms with van der Waals surface area (Å²) in [5, 5.41) is 12.6. The van der Waals surface area contributed by atoms with Gasteiger partial charge in [0.15, 0.2) is 0 Å². The highest BCUT2D eigenvalue weighted by Crippen LogP contribution is 2.20. The van der Waals surface area contributed by atoms with Crippen LogP contribution in [0, 0.1) is 11.7 Å². The van der Waals surface area contributed by atoms with Gasteiger partial charge in [-0.25, -0.2) is 4.39 Å². The van der Waals surface area contributed by atoms with E-state index in [1.54, 1.807) is 0 Å². The van der Waals surface area contributed by atoms with E-state index in [0.717, 1.165) is 0 Å². The van der Waals surface area contributed by atoms with Crippen molar-refractivity contribution >= 4 is 5.91 Å². The first kappa shape index (κ1) is 14.0. The molecule has 0 radical (unpaired) electrons. The van der Waals surface area contributed by atoms with E-state index in [0.29, 0.717) is 18.6 Å². The molecular weight excluding hydrogens is 249 g/mol. The highest BCUT2D eigenvalue weighted by molar-refractivity contribution is 5.79. The summed E-state index contributed by atoms with van der Waals surface area (Å²) in [5.41, 5.74) is 0.581. The summed E-state index contributed by atoms with van der Waals surface area (Å²) in [5.74, 6) is -0.608. The molecule has 2 rings (SSSR count). The number of aliphatic hydroxyl groups excluding tert-OH is 1. The minimum Gasteiger partial charge on any atom is -0.387 e. The van der Waals surface area contributed by atoms with Gasteiger partial charge in [-0.2, -0.15) is 0 Å². The van der Waals surface area contributed by atoms with Gasteiger partial charge in [-0.1, -0.05) is 12.1 Å². The molecule has 3 unspecified atom stereocenters. The molecule has 1 amide bonds. The smallest absolute Gasteiger partial charge is 0.225 e. The number of hydrogen-bond donors (Lipinski definition) is 2. The van der Waals surface area contributed by atoms with Gasteiger partial charge < -0.3 is 15.2 Å². The summed E-state index contributed by atoms with van der Waals surface area (Å²) in [6.07, 6.45) is -0.204. The minimum absolute atomic E-state index is 0.0806. The van der Waals surface area contributed by atoms with Gasteiger partial charge in [0, 0.05) is 13.2 Å². The van der Waals surface area contributed by atoms with Gasteiger partial charge in [0.25, 0.3) is 0 Å². The van der Waals surface area contributed by atoms with Crippen molar-refractivity contribution < 1.29 is 19.0 Å². The third-order valence-corrected chi connectivity index (χ3v) is 3.44. The quantitative estimate of drug-likeness (QED) is 0.867. The molecule has 0 aromatic heterocycles. The van der Waals surface area contributed by atoms with Crippen molar-refractivity contribution in [2.45, 2.75) is 25.6 Å². The Balaban J connectivity index is 1.84. The molecule has 4 nitrogen and oxygen atoms in total. The standard InChI is InChI=1S/C14H18FNO3/c1-9-12(6-7-19-9)14(18)16-8-13(17)10-2-4-11(15)5-3-10/h2-5,9,12-13,17H,6-8H2,1H3,(H,16,18). The predicted octanol–water partition coefficient (Wildman–Crippen LogP) is 1.40. The summed E-state index contributed by atoms with van der Waals surface area (Å²) in [4.78, 5) is 11.9. The molecule has 1 aliphatic heterocycles. The van der Waals surface area contributed by atoms with Crippen molar-refractivity contribution in [2.24, 2.45) is 5.92 Å². The van der Waals surface area contributed by atoms with Crippen LogP contribution < -0.4 is 5.32 Å². The van der Waals surface area contributed by atoms with Gasteiger partial charge in [-0.05, 0) is 31.0 Å². The van der Waals surface area contributed by atoms with E-state index < -0.39 is 6.10 Å². The number of aliphatic hydroxyl groups is 1. The summed E-state index contributed by atoms with van der Waals surface area (Å²) in [6.45, 7) is 2.58. The predicted molar refractivity (Wildman–Crippen MR) is 67.9 cm³/mol. The molecule has 3 atom stereocenters. The lowest BCUT2D eigenvalue weighted by molar-refractivity contribution is -0.126. The monoisotopic (exact) mass is 267 g/mol. The fourth-order valence-electron chi connectivity index (χ4n) is 2.21. The van der Waals surface area contributed by atoms with Crippen molar-refractivity contribution in [3.05, 3.63) is 35.6 Å². The van der Waals surface area contributed by atoms with Crippen LogP contribution >= 0.6 is 0 Å². The molecule has 0 bridgehead atoms. The number of rotatable bonds is 4. The zero-order valence-electron chi connectivity index (χ0n) is 10.8. The Morgan fingerprint density at radius 2 is 2.21 bits per heavy atom. The summed E-state index contributed by atoms with van der Waals surface area (Å²) >= 11 is 0. The maximum Gasteiger partial charge on any atom is 0.225 e. The number of benzene rings is 1. The van der Waals surface area contributed by atoms with Crippen LogP contribution in [0.5, 0.6) is 0 Å². The van der Waals surface area contributed by atoms with Crippen LogP contribution in [0.25, 0.3) is 0 Å². The fourth-order valence-corrected chi connectivity index (χ4v) is 2.21. The molecule has 19 heavy (non-hydrogen) atoms. The number of carbonyl (C=O) groups excluding carboxylic acids is 1. The first-order valence-corrected chi connectivity index (χ1v) is 6.41. The van der Waals surface area contributed by atoms with Crippen LogP contribution in [0.15, 0.2) is 24.3 Å². The first-order valence-electron chi connectivity index (χ1n) is 6.41. The van der Waals surface area contributed by atoms with E-state index >= 15 is 0 Å². The van der Waals surface area contributed by atoms with Gasteiger partial charge >= 0.3 is 0 Å². The fraction of sp³-hybridized carbons (Fsp3) is 0.500. The Morgan fingerprint density at radius 3 is 2.79 bits per heavy atom. The highest BCUT2D eigenvalue weighted by Gasteiger charge is 2.30. The number of nitrogens with one attached hydrogen (secondary N) is 1. The van der Waals surface area contributed by atoms with E-state index in [-0.39, 0.29) is 30.3 Å². The van der Waals surface area contributed by atoms with E-state index in [4.69, 9.17) is 4.74 Å². The normalized spacial score (nSPS) is 24.2. The lowest BCUT2D eigenvalue weighted by atomic mass is 10.0. The van der Waals surface area contributed by atoms with Gasteiger partial charge in [-0.15, -0.1) is 0 Å². The van der Waals surface area contributed by atoms with E-state index in [1.165, 1.54) is 24.3 Å². The average molecular weight is 267 g/mol. The Morgan fingerprint density at radius 1 is 1.53 bits per heavy atom. The van der Waals surface area contributed by atoms with E-state index in [1.807, 2.05) is 6.92 Å². The second-order valence-electron chi connectivity index (χ2n) is 4.78. The first-order chi connectivity index (χ1) is 9.08. The third-order valence-electron chi connectivity index (χ3n) is 3.44. The lowest BCUT2D eigenvalue weighted by Gasteiger charge is -2.16. The van der Waals surface area contributed by atoms with Crippen LogP contribution in [-0.4, -0.2) is 30.3 Å². The van der Waals surface area contributed by atoms with Gasteiger partial charge in [0.2, 0.25) is 5.91 Å². The number of hydrogen-bond acceptors (Lipinski definition) is 3. The van der Waals surface area contributed by atoms with Crippen LogP contribution in [0.3, 0.4) is 0 Å². The summed E-state index contributed by atoms with van der Waals surface area (Å²) in [6, 6.07) is 5.58. The highest BCUT2D eigenvalue weighted by atomic mass is 19.1. The van der Waals surface area contributed by atoms with E-state index in [2.05, 4.69) is 5.32 Å². The molecule has 0 aliphatic carbocycles. The maximum atomic E-state index is 12.7. The zero-order chi connectivity index (χ0) is 13.8. The van der Waals surface area contributed by atoms with Crippen LogP contribution in [0.2, 0.25) is 0 Å². The van der Waals surface area contributed by atoms with Crippen LogP contribution in [-0.2, 0) is 9.53 Å². The third kappa shape index (κ3) is 3.52. The lowest BCUT2D eigenvalue weighted by Crippen LogP contribution is -2.36. The molecule has 0 saturated carbocycles. The minimum atomic E-state index is -0.831. The molecule has 1 aromatic rings. The second-order valence-corrected chi connectivity index (χ2v) is 4.78. The average Bonchev–Trinajstić information content (AvgIpc) is 2.83. The second kappa shape index (κ2) is 6.12. The Hall–Kier alpha value is -1.46. The Bertz CT molecular complexity index is 435. The number of amides is 1. The molecule has 5 heteroatoms. The van der Waals surface area contributed by atoms with Crippen molar-refractivity contribution in [3.63, 3.8) is 0 Å².